The summed E-state index contributed by atoms with van der Waals surface area (Å²) >= 11 is 0. The average molecular weight is 627 g/mol. The summed E-state index contributed by atoms with van der Waals surface area (Å²) in [6.07, 6.45) is -0.148. The molecule has 236 valence electrons. The van der Waals surface area contributed by atoms with Crippen LogP contribution in [0.4, 0.5) is 0 Å². The second-order valence-electron chi connectivity index (χ2n) is 13.7. The van der Waals surface area contributed by atoms with Crippen LogP contribution in [0.15, 0.2) is 72.8 Å². The van der Waals surface area contributed by atoms with Gasteiger partial charge in [-0.1, -0.05) is 69.3 Å². The van der Waals surface area contributed by atoms with E-state index in [-0.39, 0.29) is 22.6 Å². The molecular formula is C35H50O6SSi. The first-order valence-electron chi connectivity index (χ1n) is 14.8. The van der Waals surface area contributed by atoms with Crippen molar-refractivity contribution < 1.29 is 27.1 Å². The lowest BCUT2D eigenvalue weighted by atomic mass is 9.79. The zero-order chi connectivity index (χ0) is 32.3. The van der Waals surface area contributed by atoms with Crippen molar-refractivity contribution in [2.75, 3.05) is 20.0 Å². The molecule has 0 radical (unpaired) electrons. The third kappa shape index (κ3) is 8.50. The zero-order valence-corrected chi connectivity index (χ0v) is 29.6. The molecule has 0 aliphatic rings. The molecule has 0 saturated carbocycles. The lowest BCUT2D eigenvalue weighted by Gasteiger charge is -2.42. The second-order valence-corrected chi connectivity index (χ2v) is 20.4. The van der Waals surface area contributed by atoms with Crippen molar-refractivity contribution >= 4 is 18.2 Å². The summed E-state index contributed by atoms with van der Waals surface area (Å²) in [5.74, 6) is 1.30. The lowest BCUT2D eigenvalue weighted by Crippen LogP contribution is -2.50. The number of methoxy groups -OCH3 is 2. The van der Waals surface area contributed by atoms with Crippen molar-refractivity contribution in [2.45, 2.75) is 89.7 Å². The van der Waals surface area contributed by atoms with E-state index in [0.29, 0.717) is 5.56 Å². The monoisotopic (exact) mass is 626 g/mol. The van der Waals surface area contributed by atoms with E-state index in [1.54, 1.807) is 14.2 Å². The fourth-order valence-corrected chi connectivity index (χ4v) is 9.07. The predicted molar refractivity (Wildman–Crippen MR) is 178 cm³/mol. The number of rotatable bonds is 13. The maximum Gasteiger partial charge on any atom is 0.192 e. The minimum atomic E-state index is -3.52. The van der Waals surface area contributed by atoms with Gasteiger partial charge in [-0.3, -0.25) is 0 Å². The molecular weight excluding hydrogens is 577 g/mol. The van der Waals surface area contributed by atoms with Gasteiger partial charge in [0, 0.05) is 0 Å². The van der Waals surface area contributed by atoms with Crippen molar-refractivity contribution in [1.82, 2.24) is 0 Å². The van der Waals surface area contributed by atoms with Crippen molar-refractivity contribution in [3.8, 4) is 11.5 Å². The highest BCUT2D eigenvalue weighted by Crippen LogP contribution is 2.43. The Morgan fingerprint density at radius 1 is 0.744 bits per heavy atom. The first-order chi connectivity index (χ1) is 19.8. The molecule has 8 heteroatoms. The van der Waals surface area contributed by atoms with E-state index in [2.05, 4.69) is 33.9 Å². The zero-order valence-electron chi connectivity index (χ0n) is 27.8. The molecule has 0 aliphatic carbocycles. The van der Waals surface area contributed by atoms with Gasteiger partial charge in [0.15, 0.2) is 18.2 Å². The van der Waals surface area contributed by atoms with E-state index < -0.39 is 29.4 Å². The summed E-state index contributed by atoms with van der Waals surface area (Å²) in [5, 5.41) is -0.0228. The second kappa shape index (κ2) is 13.1. The van der Waals surface area contributed by atoms with E-state index in [9.17, 15) is 8.42 Å². The summed E-state index contributed by atoms with van der Waals surface area (Å²) < 4.78 is 51.6. The third-order valence-electron chi connectivity index (χ3n) is 8.03. The van der Waals surface area contributed by atoms with Crippen LogP contribution >= 0.6 is 0 Å². The van der Waals surface area contributed by atoms with Gasteiger partial charge in [0.25, 0.3) is 0 Å². The van der Waals surface area contributed by atoms with Gasteiger partial charge in [-0.05, 0) is 92.3 Å². The number of ether oxygens (including phenoxy) is 3. The molecule has 0 aliphatic heterocycles. The maximum absolute atomic E-state index is 13.6. The molecule has 0 fully saturated rings. The van der Waals surface area contributed by atoms with Crippen molar-refractivity contribution in [2.24, 2.45) is 0 Å². The summed E-state index contributed by atoms with van der Waals surface area (Å²) in [6, 6.07) is 23.4. The normalized spacial score (nSPS) is 13.3. The van der Waals surface area contributed by atoms with E-state index in [1.165, 1.54) is 0 Å². The Morgan fingerprint density at radius 2 is 1.23 bits per heavy atom. The van der Waals surface area contributed by atoms with E-state index >= 15 is 0 Å². The van der Waals surface area contributed by atoms with Gasteiger partial charge < -0.3 is 18.6 Å². The van der Waals surface area contributed by atoms with Crippen LogP contribution in [0.3, 0.4) is 0 Å². The number of hydrogen-bond donors (Lipinski definition) is 0. The van der Waals surface area contributed by atoms with Crippen LogP contribution in [-0.2, 0) is 30.4 Å². The van der Waals surface area contributed by atoms with Crippen LogP contribution in [0.2, 0.25) is 18.1 Å². The molecule has 0 unspecified atom stereocenters. The van der Waals surface area contributed by atoms with E-state index in [1.807, 2.05) is 100 Å². The number of hydrogen-bond acceptors (Lipinski definition) is 6. The van der Waals surface area contributed by atoms with Gasteiger partial charge in [-0.2, -0.15) is 0 Å². The minimum Gasteiger partial charge on any atom is -0.497 e. The van der Waals surface area contributed by atoms with E-state index in [0.717, 1.165) is 28.2 Å². The van der Waals surface area contributed by atoms with Crippen molar-refractivity contribution in [3.63, 3.8) is 0 Å². The molecule has 0 spiro atoms. The van der Waals surface area contributed by atoms with Gasteiger partial charge >= 0.3 is 0 Å². The Kier molecular flexibility index (Phi) is 10.6. The van der Waals surface area contributed by atoms with Gasteiger partial charge in [-0.25, -0.2) is 8.42 Å². The molecule has 0 aromatic heterocycles. The molecule has 0 heterocycles. The maximum atomic E-state index is 13.6. The van der Waals surface area contributed by atoms with Crippen molar-refractivity contribution in [1.29, 1.82) is 0 Å². The standard InChI is InChI=1S/C35H50O6SSi/c1-26(2)40-35(28-15-19-31(38-8)20-16-28,29-17-21-32(39-9)22-18-29)30-14-12-13-27(23-30)24-42(36,37)25-34(6,7)41-43(10,11)33(3,4)5/h12-23,26H,24-25H2,1-11H3. The van der Waals surface area contributed by atoms with Gasteiger partial charge in [0.05, 0.1) is 37.4 Å². The minimum absolute atomic E-state index is 0.0228. The quantitative estimate of drug-likeness (QED) is 0.141. The smallest absolute Gasteiger partial charge is 0.192 e. The Morgan fingerprint density at radius 3 is 1.65 bits per heavy atom. The molecule has 43 heavy (non-hydrogen) atoms. The molecule has 0 N–H and O–H groups in total. The van der Waals surface area contributed by atoms with Crippen LogP contribution in [0, 0.1) is 0 Å². The van der Waals surface area contributed by atoms with E-state index in [4.69, 9.17) is 18.6 Å². The Bertz CT molecular complexity index is 1410. The molecule has 0 amide bonds. The summed E-state index contributed by atoms with van der Waals surface area (Å²) in [6.45, 7) is 18.5. The largest absolute Gasteiger partial charge is 0.497 e. The molecule has 0 atom stereocenters. The fourth-order valence-electron chi connectivity index (χ4n) is 5.30. The number of benzene rings is 3. The molecule has 3 aromatic rings. The van der Waals surface area contributed by atoms with Gasteiger partial charge in [0.1, 0.15) is 17.1 Å². The Balaban J connectivity index is 2.09. The molecule has 6 nitrogen and oxygen atoms in total. The number of sulfone groups is 1. The average Bonchev–Trinajstić information content (AvgIpc) is 2.89. The third-order valence-corrected chi connectivity index (χ3v) is 14.6. The van der Waals surface area contributed by atoms with Crippen molar-refractivity contribution in [3.05, 3.63) is 95.1 Å². The van der Waals surface area contributed by atoms with Gasteiger partial charge in [0.2, 0.25) is 0 Å². The molecule has 0 saturated heterocycles. The van der Waals surface area contributed by atoms with Crippen LogP contribution in [0.1, 0.15) is 70.7 Å². The summed E-state index contributed by atoms with van der Waals surface area (Å²) in [4.78, 5) is 0. The van der Waals surface area contributed by atoms with Gasteiger partial charge in [-0.15, -0.1) is 0 Å². The SMILES string of the molecule is COc1ccc(C(OC(C)C)(c2ccc(OC)cc2)c2cccc(CS(=O)(=O)CC(C)(C)O[Si](C)(C)C(C)(C)C)c2)cc1. The Labute approximate surface area is 260 Å². The Hall–Kier alpha value is -2.65. The lowest BCUT2D eigenvalue weighted by molar-refractivity contribution is -0.0294. The first kappa shape index (κ1) is 34.8. The predicted octanol–water partition coefficient (Wildman–Crippen LogP) is 8.14. The van der Waals surface area contributed by atoms with Crippen LogP contribution in [-0.4, -0.2) is 48.4 Å². The van der Waals surface area contributed by atoms with Crippen LogP contribution in [0.5, 0.6) is 11.5 Å². The molecule has 0 bridgehead atoms. The van der Waals surface area contributed by atoms with Crippen LogP contribution < -0.4 is 9.47 Å². The highest BCUT2D eigenvalue weighted by molar-refractivity contribution is 7.90. The highest BCUT2D eigenvalue weighted by Gasteiger charge is 2.43. The summed E-state index contributed by atoms with van der Waals surface area (Å²) in [5.41, 5.74) is 1.50. The fraction of sp³-hybridized carbons (Fsp3) is 0.486. The first-order valence-corrected chi connectivity index (χ1v) is 19.5. The van der Waals surface area contributed by atoms with Crippen LogP contribution in [0.25, 0.3) is 0 Å². The molecule has 3 rings (SSSR count). The summed E-state index contributed by atoms with van der Waals surface area (Å²) in [7, 11) is -2.41. The topological polar surface area (TPSA) is 71.1 Å². The highest BCUT2D eigenvalue weighted by atomic mass is 32.2. The molecule has 3 aromatic carbocycles.